The summed E-state index contributed by atoms with van der Waals surface area (Å²) < 4.78 is 5.72. The van der Waals surface area contributed by atoms with Gasteiger partial charge < -0.3 is 15.0 Å². The molecule has 24 heavy (non-hydrogen) atoms. The Hall–Kier alpha value is -1.70. The minimum atomic E-state index is -0.0810. The molecule has 2 aromatic heterocycles. The van der Waals surface area contributed by atoms with Crippen molar-refractivity contribution in [1.29, 1.82) is 0 Å². The zero-order chi connectivity index (χ0) is 17.1. The zero-order valence-corrected chi connectivity index (χ0v) is 15.2. The van der Waals surface area contributed by atoms with Crippen molar-refractivity contribution in [2.24, 2.45) is 0 Å². The molecule has 0 aromatic carbocycles. The summed E-state index contributed by atoms with van der Waals surface area (Å²) in [6, 6.07) is 1.85. The van der Waals surface area contributed by atoms with E-state index in [1.807, 2.05) is 24.6 Å². The number of ether oxygens (including phenoxy) is 1. The number of aryl methyl sites for hydroxylation is 1. The fourth-order valence-electron chi connectivity index (χ4n) is 3.06. The van der Waals surface area contributed by atoms with Gasteiger partial charge in [0.15, 0.2) is 0 Å². The number of aromatic nitrogens is 2. The molecular weight excluding hydrogens is 324 g/mol. The molecule has 0 saturated carbocycles. The molecule has 130 valence electrons. The highest BCUT2D eigenvalue weighted by Crippen LogP contribution is 2.22. The second kappa shape index (κ2) is 7.46. The number of H-pyrrole nitrogens is 1. The highest BCUT2D eigenvalue weighted by atomic mass is 32.1. The summed E-state index contributed by atoms with van der Waals surface area (Å²) in [4.78, 5) is 22.1. The third kappa shape index (κ3) is 4.23. The molecule has 0 spiro atoms. The number of morpholine rings is 1. The first-order valence-corrected chi connectivity index (χ1v) is 9.16. The first kappa shape index (κ1) is 17.1. The molecule has 1 amide bonds. The Labute approximate surface area is 146 Å². The molecule has 1 aliphatic rings. The fourth-order valence-corrected chi connectivity index (χ4v) is 3.68. The number of nitrogens with zero attached hydrogens (tertiary/aromatic N) is 2. The van der Waals surface area contributed by atoms with Gasteiger partial charge in [-0.2, -0.15) is 0 Å². The summed E-state index contributed by atoms with van der Waals surface area (Å²) in [5.41, 5.74) is 2.42. The van der Waals surface area contributed by atoms with Crippen molar-refractivity contribution in [3.8, 4) is 11.3 Å². The Morgan fingerprint density at radius 1 is 1.46 bits per heavy atom. The van der Waals surface area contributed by atoms with E-state index >= 15 is 0 Å². The number of thiazole rings is 1. The number of rotatable bonds is 5. The molecule has 0 bridgehead atoms. The Morgan fingerprint density at radius 3 is 2.88 bits per heavy atom. The van der Waals surface area contributed by atoms with Crippen LogP contribution < -0.4 is 5.32 Å². The number of hydrogen-bond acceptors (Lipinski definition) is 5. The molecule has 0 aliphatic carbocycles. The van der Waals surface area contributed by atoms with Crippen molar-refractivity contribution in [2.45, 2.75) is 33.0 Å². The van der Waals surface area contributed by atoms with Gasteiger partial charge >= 0.3 is 0 Å². The second-order valence-electron chi connectivity index (χ2n) is 6.33. The van der Waals surface area contributed by atoms with E-state index in [1.54, 1.807) is 11.3 Å². The van der Waals surface area contributed by atoms with E-state index in [1.165, 1.54) is 0 Å². The van der Waals surface area contributed by atoms with Crippen LogP contribution in [0, 0.1) is 6.92 Å². The minimum absolute atomic E-state index is 0.0810. The molecule has 0 unspecified atom stereocenters. The molecule has 6 nitrogen and oxygen atoms in total. The lowest BCUT2D eigenvalue weighted by Gasteiger charge is -2.35. The molecule has 1 aliphatic heterocycles. The van der Waals surface area contributed by atoms with Crippen LogP contribution in [0.15, 0.2) is 17.6 Å². The Balaban J connectivity index is 1.50. The number of amides is 1. The lowest BCUT2D eigenvalue weighted by Crippen LogP contribution is -2.47. The van der Waals surface area contributed by atoms with Crippen LogP contribution in [-0.2, 0) is 4.74 Å². The van der Waals surface area contributed by atoms with Crippen LogP contribution in [0.25, 0.3) is 11.3 Å². The van der Waals surface area contributed by atoms with Gasteiger partial charge in [-0.25, -0.2) is 4.98 Å². The smallest absolute Gasteiger partial charge is 0.267 e. The minimum Gasteiger partial charge on any atom is -0.373 e. The van der Waals surface area contributed by atoms with Crippen LogP contribution >= 0.6 is 11.3 Å². The third-order valence-corrected chi connectivity index (χ3v) is 4.82. The van der Waals surface area contributed by atoms with Crippen molar-refractivity contribution < 1.29 is 9.53 Å². The normalized spacial score (nSPS) is 21.8. The number of carbonyl (C=O) groups is 1. The maximum absolute atomic E-state index is 12.3. The van der Waals surface area contributed by atoms with Crippen LogP contribution in [0.3, 0.4) is 0 Å². The van der Waals surface area contributed by atoms with Gasteiger partial charge in [0.1, 0.15) is 5.69 Å². The maximum Gasteiger partial charge on any atom is 0.267 e. The first-order valence-electron chi connectivity index (χ1n) is 8.28. The molecular formula is C17H24N4O2S. The van der Waals surface area contributed by atoms with Gasteiger partial charge in [0.25, 0.3) is 5.91 Å². The highest BCUT2D eigenvalue weighted by Gasteiger charge is 2.21. The fraction of sp³-hybridized carbons (Fsp3) is 0.529. The van der Waals surface area contributed by atoms with Gasteiger partial charge in [-0.3, -0.25) is 9.69 Å². The van der Waals surface area contributed by atoms with Crippen molar-refractivity contribution in [1.82, 2.24) is 20.2 Å². The lowest BCUT2D eigenvalue weighted by atomic mass is 10.2. The van der Waals surface area contributed by atoms with Gasteiger partial charge in [0.2, 0.25) is 0 Å². The largest absolute Gasteiger partial charge is 0.373 e. The Bertz CT molecular complexity index is 686. The molecule has 7 heteroatoms. The molecule has 2 atom stereocenters. The van der Waals surface area contributed by atoms with E-state index in [0.29, 0.717) is 12.2 Å². The molecule has 3 rings (SSSR count). The molecule has 1 saturated heterocycles. The van der Waals surface area contributed by atoms with E-state index in [-0.39, 0.29) is 18.1 Å². The quantitative estimate of drug-likeness (QED) is 0.870. The molecule has 0 radical (unpaired) electrons. The van der Waals surface area contributed by atoms with Gasteiger partial charge in [-0.1, -0.05) is 0 Å². The average Bonchev–Trinajstić information content (AvgIpc) is 3.14. The van der Waals surface area contributed by atoms with Gasteiger partial charge in [-0.05, 0) is 26.8 Å². The average molecular weight is 348 g/mol. The summed E-state index contributed by atoms with van der Waals surface area (Å²) in [5.74, 6) is -0.0810. The Morgan fingerprint density at radius 2 is 2.21 bits per heavy atom. The summed E-state index contributed by atoms with van der Waals surface area (Å²) in [7, 11) is 0. The molecule has 3 heterocycles. The van der Waals surface area contributed by atoms with Crippen molar-refractivity contribution in [3.63, 3.8) is 0 Å². The number of aromatic amines is 1. The van der Waals surface area contributed by atoms with Gasteiger partial charge in [0, 0.05) is 43.3 Å². The predicted octanol–water partition coefficient (Wildman–Crippen LogP) is 2.29. The monoisotopic (exact) mass is 348 g/mol. The predicted molar refractivity (Wildman–Crippen MR) is 95.4 cm³/mol. The van der Waals surface area contributed by atoms with Crippen molar-refractivity contribution in [3.05, 3.63) is 28.3 Å². The van der Waals surface area contributed by atoms with E-state index < -0.39 is 0 Å². The summed E-state index contributed by atoms with van der Waals surface area (Å²) in [6.07, 6.45) is 2.32. The van der Waals surface area contributed by atoms with Crippen LogP contribution in [-0.4, -0.2) is 59.2 Å². The summed E-state index contributed by atoms with van der Waals surface area (Å²) >= 11 is 1.61. The van der Waals surface area contributed by atoms with Crippen molar-refractivity contribution >= 4 is 17.2 Å². The van der Waals surface area contributed by atoms with Gasteiger partial charge in [-0.15, -0.1) is 11.3 Å². The lowest BCUT2D eigenvalue weighted by molar-refractivity contribution is -0.0672. The van der Waals surface area contributed by atoms with Crippen LogP contribution in [0.2, 0.25) is 0 Å². The number of carbonyl (C=O) groups excluding carboxylic acids is 1. The molecule has 2 aromatic rings. The standard InChI is InChI=1S/C17H24N4O2S/c1-11-8-21(9-12(2)23-11)5-4-18-17(22)15-6-14(7-19-15)16-10-24-13(3)20-16/h6-7,10-12,19H,4-5,8-9H2,1-3H3,(H,18,22)/t11-,12-/m0/s1. The summed E-state index contributed by atoms with van der Waals surface area (Å²) in [6.45, 7) is 9.43. The zero-order valence-electron chi connectivity index (χ0n) is 14.3. The number of nitrogens with one attached hydrogen (secondary N) is 2. The molecule has 1 fully saturated rings. The highest BCUT2D eigenvalue weighted by molar-refractivity contribution is 7.09. The Kier molecular flexibility index (Phi) is 5.33. The van der Waals surface area contributed by atoms with E-state index in [4.69, 9.17) is 4.74 Å². The molecule has 2 N–H and O–H groups in total. The topological polar surface area (TPSA) is 70.2 Å². The second-order valence-corrected chi connectivity index (χ2v) is 7.39. The van der Waals surface area contributed by atoms with Crippen LogP contribution in [0.1, 0.15) is 29.3 Å². The van der Waals surface area contributed by atoms with Gasteiger partial charge in [0.05, 0.1) is 22.9 Å². The van der Waals surface area contributed by atoms with Crippen LogP contribution in [0.4, 0.5) is 0 Å². The summed E-state index contributed by atoms with van der Waals surface area (Å²) in [5, 5.41) is 6.00. The number of hydrogen-bond donors (Lipinski definition) is 2. The maximum atomic E-state index is 12.3. The van der Waals surface area contributed by atoms with Crippen LogP contribution in [0.5, 0.6) is 0 Å². The first-order chi connectivity index (χ1) is 11.5. The van der Waals surface area contributed by atoms with E-state index in [2.05, 4.69) is 34.0 Å². The van der Waals surface area contributed by atoms with Crippen molar-refractivity contribution in [2.75, 3.05) is 26.2 Å². The third-order valence-electron chi connectivity index (χ3n) is 4.05. The SMILES string of the molecule is Cc1nc(-c2c[nH]c(C(=O)NCCN3C[C@H](C)O[C@@H](C)C3)c2)cs1. The van der Waals surface area contributed by atoms with E-state index in [0.717, 1.165) is 35.9 Å². The van der Waals surface area contributed by atoms with E-state index in [9.17, 15) is 4.79 Å².